The molecule has 0 aliphatic rings. The predicted octanol–water partition coefficient (Wildman–Crippen LogP) is 0.568. The first-order valence-corrected chi connectivity index (χ1v) is 3.54. The fourth-order valence-corrected chi connectivity index (χ4v) is 0.796. The number of nitrogens with zero attached hydrogens (tertiary/aromatic N) is 1. The average Bonchev–Trinajstić information content (AvgIpc) is 2.06. The minimum atomic E-state index is -0.453. The molecule has 0 radical (unpaired) electrons. The number of aliphatic hydroxyl groups excluding tert-OH is 1. The van der Waals surface area contributed by atoms with Crippen molar-refractivity contribution < 1.29 is 9.84 Å². The molecule has 0 saturated carbocycles. The van der Waals surface area contributed by atoms with Crippen molar-refractivity contribution in [3.05, 3.63) is 30.1 Å². The molecular formula is C8H10N2O2. The van der Waals surface area contributed by atoms with Gasteiger partial charge in [0.15, 0.2) is 12.7 Å². The third-order valence-electron chi connectivity index (χ3n) is 1.31. The Morgan fingerprint density at radius 1 is 1.58 bits per heavy atom. The monoisotopic (exact) mass is 166 g/mol. The molecule has 1 aromatic rings. The molecule has 0 aliphatic heterocycles. The summed E-state index contributed by atoms with van der Waals surface area (Å²) in [6.45, 7) is -0.453. The molecule has 4 heteroatoms. The van der Waals surface area contributed by atoms with Gasteiger partial charge in [-0.15, -0.1) is 0 Å². The van der Waals surface area contributed by atoms with E-state index in [4.69, 9.17) is 10.5 Å². The maximum atomic E-state index is 8.33. The number of rotatable bonds is 3. The van der Waals surface area contributed by atoms with Gasteiger partial charge < -0.3 is 9.84 Å². The van der Waals surface area contributed by atoms with Gasteiger partial charge in [0.1, 0.15) is 0 Å². The topological polar surface area (TPSA) is 66.2 Å². The number of aromatic nitrogens is 1. The van der Waals surface area contributed by atoms with Crippen LogP contribution in [0.3, 0.4) is 0 Å². The second-order valence-electron chi connectivity index (χ2n) is 2.19. The fraction of sp³-hybridized carbons (Fsp3) is 0.250. The molecule has 2 N–H and O–H groups in total. The van der Waals surface area contributed by atoms with E-state index in [9.17, 15) is 0 Å². The van der Waals surface area contributed by atoms with Crippen LogP contribution in [0, 0.1) is 5.41 Å². The van der Waals surface area contributed by atoms with Crippen molar-refractivity contribution in [2.24, 2.45) is 0 Å². The van der Waals surface area contributed by atoms with Crippen LogP contribution < -0.4 is 0 Å². The van der Waals surface area contributed by atoms with E-state index >= 15 is 0 Å². The third-order valence-corrected chi connectivity index (χ3v) is 1.31. The average molecular weight is 166 g/mol. The van der Waals surface area contributed by atoms with Crippen LogP contribution in [0.1, 0.15) is 5.69 Å². The summed E-state index contributed by atoms with van der Waals surface area (Å²) in [7, 11) is 0. The molecule has 0 fully saturated rings. The maximum absolute atomic E-state index is 8.33. The minimum Gasteiger partial charge on any atom is -0.455 e. The van der Waals surface area contributed by atoms with Crippen LogP contribution in [-0.2, 0) is 11.2 Å². The van der Waals surface area contributed by atoms with E-state index in [0.29, 0.717) is 6.42 Å². The van der Waals surface area contributed by atoms with E-state index in [2.05, 4.69) is 9.72 Å². The van der Waals surface area contributed by atoms with Gasteiger partial charge in [-0.1, -0.05) is 6.07 Å². The Labute approximate surface area is 70.3 Å². The Bertz CT molecular complexity index is 248. The van der Waals surface area contributed by atoms with Crippen molar-refractivity contribution in [1.29, 1.82) is 5.41 Å². The summed E-state index contributed by atoms with van der Waals surface area (Å²) in [5.41, 5.74) is 0.760. The molecule has 0 atom stereocenters. The van der Waals surface area contributed by atoms with Crippen LogP contribution in [0.15, 0.2) is 24.4 Å². The van der Waals surface area contributed by atoms with Gasteiger partial charge in [-0.05, 0) is 12.1 Å². The number of ether oxygens (including phenoxy) is 1. The second kappa shape index (κ2) is 4.46. The molecule has 0 saturated heterocycles. The van der Waals surface area contributed by atoms with Gasteiger partial charge in [-0.25, -0.2) is 0 Å². The number of pyridine rings is 1. The summed E-state index contributed by atoms with van der Waals surface area (Å²) >= 11 is 0. The molecular weight excluding hydrogens is 156 g/mol. The fourth-order valence-electron chi connectivity index (χ4n) is 0.796. The highest BCUT2D eigenvalue weighted by atomic mass is 16.6. The van der Waals surface area contributed by atoms with Crippen LogP contribution in [0.5, 0.6) is 0 Å². The predicted molar refractivity (Wildman–Crippen MR) is 43.8 cm³/mol. The molecule has 4 nitrogen and oxygen atoms in total. The molecule has 12 heavy (non-hydrogen) atoms. The van der Waals surface area contributed by atoms with E-state index in [1.165, 1.54) is 0 Å². The Morgan fingerprint density at radius 2 is 2.42 bits per heavy atom. The van der Waals surface area contributed by atoms with Crippen LogP contribution in [0.4, 0.5) is 0 Å². The number of nitrogens with one attached hydrogen (secondary N) is 1. The third kappa shape index (κ3) is 2.67. The summed E-state index contributed by atoms with van der Waals surface area (Å²) in [5, 5.41) is 15.5. The summed E-state index contributed by atoms with van der Waals surface area (Å²) in [6.07, 6.45) is 1.98. The van der Waals surface area contributed by atoms with Gasteiger partial charge in [0, 0.05) is 11.9 Å². The zero-order chi connectivity index (χ0) is 8.81. The summed E-state index contributed by atoms with van der Waals surface area (Å²) < 4.78 is 4.54. The lowest BCUT2D eigenvalue weighted by Crippen LogP contribution is -2.08. The zero-order valence-corrected chi connectivity index (χ0v) is 6.53. The highest BCUT2D eigenvalue weighted by Gasteiger charge is 1.99. The molecule has 0 aliphatic carbocycles. The molecule has 1 aromatic heterocycles. The number of aliphatic hydroxyl groups is 1. The molecule has 0 amide bonds. The van der Waals surface area contributed by atoms with Crippen molar-refractivity contribution in [2.75, 3.05) is 6.79 Å². The Balaban J connectivity index is 2.47. The van der Waals surface area contributed by atoms with Crippen LogP contribution >= 0.6 is 0 Å². The largest absolute Gasteiger partial charge is 0.455 e. The van der Waals surface area contributed by atoms with Gasteiger partial charge in [-0.2, -0.15) is 0 Å². The van der Waals surface area contributed by atoms with Gasteiger partial charge in [-0.3, -0.25) is 10.4 Å². The SMILES string of the molecule is N=C(Cc1ccccn1)OCO. The Morgan fingerprint density at radius 3 is 3.00 bits per heavy atom. The highest BCUT2D eigenvalue weighted by Crippen LogP contribution is 1.95. The van der Waals surface area contributed by atoms with Crippen molar-refractivity contribution in [3.8, 4) is 0 Å². The van der Waals surface area contributed by atoms with Gasteiger partial charge >= 0.3 is 0 Å². The molecule has 0 spiro atoms. The van der Waals surface area contributed by atoms with Crippen LogP contribution in [-0.4, -0.2) is 22.8 Å². The van der Waals surface area contributed by atoms with E-state index in [1.54, 1.807) is 18.3 Å². The molecule has 0 bridgehead atoms. The molecule has 64 valence electrons. The lowest BCUT2D eigenvalue weighted by molar-refractivity contribution is 0.0850. The molecule has 1 heterocycles. The van der Waals surface area contributed by atoms with Crippen LogP contribution in [0.2, 0.25) is 0 Å². The molecule has 0 aromatic carbocycles. The minimum absolute atomic E-state index is 0.0243. The van der Waals surface area contributed by atoms with Crippen molar-refractivity contribution in [1.82, 2.24) is 4.98 Å². The number of hydrogen-bond acceptors (Lipinski definition) is 4. The first-order chi connectivity index (χ1) is 5.83. The standard InChI is InChI=1S/C8H10N2O2/c9-8(12-6-11)5-7-3-1-2-4-10-7/h1-4,9,11H,5-6H2. The van der Waals surface area contributed by atoms with Gasteiger partial charge in [0.05, 0.1) is 6.42 Å². The highest BCUT2D eigenvalue weighted by molar-refractivity contribution is 5.74. The Hall–Kier alpha value is -1.42. The molecule has 1 rings (SSSR count). The van der Waals surface area contributed by atoms with Crippen LogP contribution in [0.25, 0.3) is 0 Å². The van der Waals surface area contributed by atoms with E-state index in [1.807, 2.05) is 6.07 Å². The van der Waals surface area contributed by atoms with E-state index in [-0.39, 0.29) is 5.90 Å². The number of hydrogen-bond donors (Lipinski definition) is 2. The van der Waals surface area contributed by atoms with Gasteiger partial charge in [0.25, 0.3) is 0 Å². The first-order valence-electron chi connectivity index (χ1n) is 3.54. The maximum Gasteiger partial charge on any atom is 0.189 e. The Kier molecular flexibility index (Phi) is 3.22. The summed E-state index contributed by atoms with van der Waals surface area (Å²) in [4.78, 5) is 4.00. The lowest BCUT2D eigenvalue weighted by Gasteiger charge is -2.02. The summed E-state index contributed by atoms with van der Waals surface area (Å²) in [6, 6.07) is 5.45. The lowest BCUT2D eigenvalue weighted by atomic mass is 10.3. The smallest absolute Gasteiger partial charge is 0.189 e. The summed E-state index contributed by atoms with van der Waals surface area (Å²) in [5.74, 6) is 0.0243. The second-order valence-corrected chi connectivity index (χ2v) is 2.19. The van der Waals surface area contributed by atoms with Gasteiger partial charge in [0.2, 0.25) is 0 Å². The van der Waals surface area contributed by atoms with E-state index < -0.39 is 6.79 Å². The van der Waals surface area contributed by atoms with Crippen molar-refractivity contribution in [2.45, 2.75) is 6.42 Å². The normalized spacial score (nSPS) is 9.42. The zero-order valence-electron chi connectivity index (χ0n) is 6.53. The first kappa shape index (κ1) is 8.67. The molecule has 0 unspecified atom stereocenters. The quantitative estimate of drug-likeness (QED) is 0.392. The van der Waals surface area contributed by atoms with Crippen molar-refractivity contribution >= 4 is 5.90 Å². The van der Waals surface area contributed by atoms with E-state index in [0.717, 1.165) is 5.69 Å². The van der Waals surface area contributed by atoms with Crippen molar-refractivity contribution in [3.63, 3.8) is 0 Å².